The van der Waals surface area contributed by atoms with Gasteiger partial charge in [0.2, 0.25) is 0 Å². The Labute approximate surface area is 105 Å². The van der Waals surface area contributed by atoms with Crippen molar-refractivity contribution in [1.29, 1.82) is 0 Å². The predicted molar refractivity (Wildman–Crippen MR) is 54.9 cm³/mol. The Morgan fingerprint density at radius 3 is 2.07 bits per heavy atom. The average molecular weight is 246 g/mol. The molecule has 1 aromatic carbocycles. The molecular weight excluding hydrogens is 233 g/mol. The fraction of sp³-hybridized carbons (Fsp3) is 0.300. The Hall–Kier alpha value is -0.306. The summed E-state index contributed by atoms with van der Waals surface area (Å²) in [5, 5.41) is 3.35. The van der Waals surface area contributed by atoms with Crippen LogP contribution in [0.3, 0.4) is 0 Å². The third-order valence-electron chi connectivity index (χ3n) is 1.16. The summed E-state index contributed by atoms with van der Waals surface area (Å²) >= 11 is 5.19. The molecule has 0 N–H and O–H groups in total. The van der Waals surface area contributed by atoms with E-state index in [4.69, 9.17) is 11.6 Å². The molecule has 1 rings (SSSR count). The molecule has 0 aliphatic rings. The van der Waals surface area contributed by atoms with Crippen molar-refractivity contribution in [2.45, 2.75) is 6.42 Å². The van der Waals surface area contributed by atoms with Crippen LogP contribution in [0.5, 0.6) is 0 Å². The molecule has 0 bridgehead atoms. The smallest absolute Gasteiger partial charge is 0.656 e. The zero-order chi connectivity index (χ0) is 9.94. The van der Waals surface area contributed by atoms with Gasteiger partial charge in [0.05, 0.1) is 5.91 Å². The van der Waals surface area contributed by atoms with Gasteiger partial charge in [-0.2, -0.15) is 36.4 Å². The van der Waals surface area contributed by atoms with Crippen LogP contribution in [0.15, 0.2) is 30.3 Å². The number of halogens is 1. The van der Waals surface area contributed by atoms with Gasteiger partial charge in [0.1, 0.15) is 0 Å². The van der Waals surface area contributed by atoms with Crippen LogP contribution in [0.25, 0.3) is 5.32 Å². The number of carbonyl (C=O) groups is 1. The Morgan fingerprint density at radius 1 is 1.36 bits per heavy atom. The first-order valence-corrected chi connectivity index (χ1v) is 4.44. The second-order valence-corrected chi connectivity index (χ2v) is 2.51. The minimum absolute atomic E-state index is 0. The maximum atomic E-state index is 10.2. The molecule has 4 heteroatoms. The van der Waals surface area contributed by atoms with E-state index in [2.05, 4.69) is 11.4 Å². The van der Waals surface area contributed by atoms with Crippen LogP contribution in [0, 0.1) is 6.07 Å². The Balaban J connectivity index is 0. The predicted octanol–water partition coefficient (Wildman–Crippen LogP) is 2.63. The van der Waals surface area contributed by atoms with Gasteiger partial charge in [-0.25, -0.2) is 0 Å². The number of nitrogens with zero attached hydrogens (tertiary/aromatic N) is 1. The minimum Gasteiger partial charge on any atom is -0.656 e. The molecular formula is C10H12ClNOTi. The van der Waals surface area contributed by atoms with Crippen LogP contribution in [-0.2, 0) is 26.5 Å². The van der Waals surface area contributed by atoms with E-state index in [9.17, 15) is 4.79 Å². The van der Waals surface area contributed by atoms with E-state index in [0.29, 0.717) is 12.3 Å². The maximum absolute atomic E-state index is 10.2. The van der Waals surface area contributed by atoms with Gasteiger partial charge in [0, 0.05) is 12.3 Å². The van der Waals surface area contributed by atoms with Gasteiger partial charge in [0.15, 0.2) is 0 Å². The van der Waals surface area contributed by atoms with Crippen molar-refractivity contribution in [2.75, 3.05) is 12.9 Å². The van der Waals surface area contributed by atoms with Gasteiger partial charge in [-0.15, -0.1) is 18.6 Å². The number of hydrogen-bond donors (Lipinski definition) is 0. The van der Waals surface area contributed by atoms with Gasteiger partial charge >= 0.3 is 21.7 Å². The summed E-state index contributed by atoms with van der Waals surface area (Å²) < 4.78 is 0. The summed E-state index contributed by atoms with van der Waals surface area (Å²) in [5.74, 6) is 0.242. The molecule has 0 aliphatic heterocycles. The zero-order valence-electron chi connectivity index (χ0n) is 8.03. The van der Waals surface area contributed by atoms with Crippen molar-refractivity contribution < 1.29 is 26.5 Å². The van der Waals surface area contributed by atoms with Crippen LogP contribution in [0.1, 0.15) is 6.42 Å². The van der Waals surface area contributed by atoms with E-state index in [1.807, 2.05) is 30.3 Å². The first-order chi connectivity index (χ1) is 6.31. The van der Waals surface area contributed by atoms with Gasteiger partial charge in [-0.3, -0.25) is 0 Å². The van der Waals surface area contributed by atoms with E-state index in [0.717, 1.165) is 0 Å². The van der Waals surface area contributed by atoms with Crippen LogP contribution < -0.4 is 0 Å². The Morgan fingerprint density at radius 2 is 1.93 bits per heavy atom. The maximum Gasteiger partial charge on any atom is 2.00 e. The fourth-order valence-electron chi connectivity index (χ4n) is 0.535. The second kappa shape index (κ2) is 12.7. The van der Waals surface area contributed by atoms with E-state index < -0.39 is 0 Å². The molecule has 0 saturated heterocycles. The summed E-state index contributed by atoms with van der Waals surface area (Å²) in [6, 6.07) is 12.5. The van der Waals surface area contributed by atoms with Crippen LogP contribution >= 0.6 is 11.6 Å². The van der Waals surface area contributed by atoms with Crippen LogP contribution in [0.4, 0.5) is 0 Å². The molecule has 0 spiro atoms. The third kappa shape index (κ3) is 11.7. The van der Waals surface area contributed by atoms with E-state index in [1.54, 1.807) is 0 Å². The summed E-state index contributed by atoms with van der Waals surface area (Å²) in [7, 11) is 1.47. The molecule has 0 fully saturated rings. The molecule has 0 heterocycles. The standard InChI is InChI=1S/C6H5.C4H8ClNO.Ti/c1-2-4-6-5-3-1;1-6-4(7)2-3-5;/h1-5H;2-3H2,1H3,(H,6,7);/q-1;;+2/p-1. The minimum atomic E-state index is -0.130. The number of amides is 1. The number of benzene rings is 1. The molecule has 0 unspecified atom stereocenters. The first kappa shape index (κ1) is 16.1. The average Bonchev–Trinajstić information content (AvgIpc) is 2.22. The molecule has 14 heavy (non-hydrogen) atoms. The molecule has 0 aliphatic carbocycles. The largest absolute Gasteiger partial charge is 2.00 e. The summed E-state index contributed by atoms with van der Waals surface area (Å²) in [4.78, 5) is 10.2. The normalized spacial score (nSPS) is 7.57. The molecule has 0 atom stereocenters. The van der Waals surface area contributed by atoms with Crippen LogP contribution in [0.2, 0.25) is 0 Å². The molecule has 0 saturated carbocycles. The summed E-state index contributed by atoms with van der Waals surface area (Å²) in [6.07, 6.45) is 0.359. The molecule has 0 radical (unpaired) electrons. The Kier molecular flexibility index (Phi) is 14.6. The van der Waals surface area contributed by atoms with Crippen molar-refractivity contribution >= 4 is 17.5 Å². The van der Waals surface area contributed by atoms with Crippen molar-refractivity contribution in [3.63, 3.8) is 0 Å². The van der Waals surface area contributed by atoms with E-state index in [1.165, 1.54) is 7.05 Å². The summed E-state index contributed by atoms with van der Waals surface area (Å²) in [6.45, 7) is 0. The van der Waals surface area contributed by atoms with Crippen molar-refractivity contribution in [3.8, 4) is 0 Å². The molecule has 1 amide bonds. The topological polar surface area (TPSA) is 31.2 Å². The monoisotopic (exact) mass is 245 g/mol. The van der Waals surface area contributed by atoms with Crippen LogP contribution in [-0.4, -0.2) is 18.8 Å². The third-order valence-corrected chi connectivity index (χ3v) is 1.35. The second-order valence-electron chi connectivity index (χ2n) is 2.13. The van der Waals surface area contributed by atoms with Crippen molar-refractivity contribution in [3.05, 3.63) is 41.7 Å². The molecule has 2 nitrogen and oxygen atoms in total. The Bertz CT molecular complexity index is 192. The molecule has 1 aromatic rings. The SMILES string of the molecule is C[N-]C(=O)CCCl.[Ti+2].[c-]1ccccc1. The number of rotatable bonds is 2. The van der Waals surface area contributed by atoms with E-state index in [-0.39, 0.29) is 27.6 Å². The van der Waals surface area contributed by atoms with Crippen molar-refractivity contribution in [1.82, 2.24) is 0 Å². The van der Waals surface area contributed by atoms with Gasteiger partial charge in [-0.1, -0.05) is 0 Å². The van der Waals surface area contributed by atoms with Gasteiger partial charge in [0.25, 0.3) is 0 Å². The number of alkyl halides is 1. The molecule has 0 aromatic heterocycles. The molecule has 74 valence electrons. The number of hydrogen-bond acceptors (Lipinski definition) is 1. The van der Waals surface area contributed by atoms with Crippen molar-refractivity contribution in [2.24, 2.45) is 0 Å². The zero-order valence-corrected chi connectivity index (χ0v) is 10.4. The first-order valence-electron chi connectivity index (χ1n) is 3.91. The van der Waals surface area contributed by atoms with Gasteiger partial charge in [-0.05, 0) is 0 Å². The quantitative estimate of drug-likeness (QED) is 0.448. The van der Waals surface area contributed by atoms with Gasteiger partial charge < -0.3 is 10.1 Å². The summed E-state index contributed by atoms with van der Waals surface area (Å²) in [5.41, 5.74) is 0. The van der Waals surface area contributed by atoms with E-state index >= 15 is 0 Å². The fourth-order valence-corrected chi connectivity index (χ4v) is 0.696. The number of carbonyl (C=O) groups excluding carboxylic acids is 1.